The monoisotopic (exact) mass is 200 g/mol. The Bertz CT molecular complexity index is 446. The van der Waals surface area contributed by atoms with Crippen LogP contribution in [-0.2, 0) is 4.79 Å². The highest BCUT2D eigenvalue weighted by molar-refractivity contribution is 6.17. The van der Waals surface area contributed by atoms with Crippen LogP contribution >= 0.6 is 0 Å². The highest BCUT2D eigenvalue weighted by Gasteiger charge is 2.26. The molecule has 2 rings (SSSR count). The second-order valence-corrected chi connectivity index (χ2v) is 3.34. The van der Waals surface area contributed by atoms with Crippen molar-refractivity contribution in [2.45, 2.75) is 6.92 Å². The van der Waals surface area contributed by atoms with Crippen LogP contribution in [-0.4, -0.2) is 23.7 Å². The molecule has 15 heavy (non-hydrogen) atoms. The van der Waals surface area contributed by atoms with E-state index in [1.54, 1.807) is 18.0 Å². The normalized spacial score (nSPS) is 18.5. The van der Waals surface area contributed by atoms with Crippen molar-refractivity contribution >= 4 is 11.7 Å². The number of hydrogen-bond donors (Lipinski definition) is 0. The van der Waals surface area contributed by atoms with Gasteiger partial charge in [-0.15, -0.1) is 0 Å². The number of carbonyl (C=O) groups is 1. The van der Waals surface area contributed by atoms with E-state index in [1.165, 1.54) is 0 Å². The first-order valence-corrected chi connectivity index (χ1v) is 4.82. The third kappa shape index (κ3) is 1.56. The van der Waals surface area contributed by atoms with Gasteiger partial charge in [-0.2, -0.15) is 0 Å². The van der Waals surface area contributed by atoms with Crippen molar-refractivity contribution in [2.24, 2.45) is 4.99 Å². The molecule has 1 amide bonds. The lowest BCUT2D eigenvalue weighted by atomic mass is 10.2. The van der Waals surface area contributed by atoms with Crippen LogP contribution in [0.5, 0.6) is 0 Å². The summed E-state index contributed by atoms with van der Waals surface area (Å²) in [5.74, 6) is 0.671. The van der Waals surface area contributed by atoms with Crippen molar-refractivity contribution in [3.05, 3.63) is 47.7 Å². The third-order valence-corrected chi connectivity index (χ3v) is 2.37. The Balaban J connectivity index is 2.44. The first-order chi connectivity index (χ1) is 7.24. The summed E-state index contributed by atoms with van der Waals surface area (Å²) >= 11 is 0. The Hall–Kier alpha value is -1.90. The zero-order chi connectivity index (χ0) is 10.8. The van der Waals surface area contributed by atoms with Crippen LogP contribution in [0.1, 0.15) is 12.5 Å². The number of nitrogens with zero attached hydrogens (tertiary/aromatic N) is 2. The summed E-state index contributed by atoms with van der Waals surface area (Å²) in [7, 11) is 1.74. The van der Waals surface area contributed by atoms with E-state index in [4.69, 9.17) is 0 Å². The maximum absolute atomic E-state index is 11.7. The molecule has 76 valence electrons. The molecule has 0 saturated heterocycles. The van der Waals surface area contributed by atoms with Gasteiger partial charge in [-0.25, -0.2) is 4.99 Å². The van der Waals surface area contributed by atoms with Crippen LogP contribution < -0.4 is 0 Å². The summed E-state index contributed by atoms with van der Waals surface area (Å²) in [6, 6.07) is 9.70. The summed E-state index contributed by atoms with van der Waals surface area (Å²) in [4.78, 5) is 17.5. The molecule has 0 N–H and O–H groups in total. The lowest BCUT2D eigenvalue weighted by Crippen LogP contribution is -2.28. The molecule has 3 heteroatoms. The van der Waals surface area contributed by atoms with Crippen molar-refractivity contribution in [2.75, 3.05) is 7.05 Å². The standard InChI is InChI=1S/C12H12N2O/c1-3-10-12(15)14(2)11(13-10)9-7-5-4-6-8-9/h3-8H,1-2H3/b10-3-. The van der Waals surface area contributed by atoms with Crippen molar-refractivity contribution in [1.82, 2.24) is 4.90 Å². The summed E-state index contributed by atoms with van der Waals surface area (Å²) in [5, 5.41) is 0. The number of carbonyl (C=O) groups excluding carboxylic acids is 1. The molecule has 0 atom stereocenters. The number of amides is 1. The molecular weight excluding hydrogens is 188 g/mol. The quantitative estimate of drug-likeness (QED) is 0.636. The fraction of sp³-hybridized carbons (Fsp3) is 0.167. The van der Waals surface area contributed by atoms with Crippen LogP contribution in [0.2, 0.25) is 0 Å². The van der Waals surface area contributed by atoms with E-state index in [2.05, 4.69) is 4.99 Å². The number of hydrogen-bond acceptors (Lipinski definition) is 2. The van der Waals surface area contributed by atoms with Gasteiger partial charge in [-0.3, -0.25) is 9.69 Å². The molecule has 0 aromatic heterocycles. The number of amidine groups is 1. The molecule has 1 aromatic carbocycles. The van der Waals surface area contributed by atoms with Gasteiger partial charge in [0.2, 0.25) is 0 Å². The molecule has 1 aliphatic rings. The Morgan fingerprint density at radius 1 is 1.27 bits per heavy atom. The minimum Gasteiger partial charge on any atom is -0.294 e. The lowest BCUT2D eigenvalue weighted by Gasteiger charge is -2.10. The second-order valence-electron chi connectivity index (χ2n) is 3.34. The van der Waals surface area contributed by atoms with Gasteiger partial charge in [-0.05, 0) is 6.92 Å². The van der Waals surface area contributed by atoms with E-state index >= 15 is 0 Å². The first-order valence-electron chi connectivity index (χ1n) is 4.82. The van der Waals surface area contributed by atoms with E-state index in [-0.39, 0.29) is 5.91 Å². The molecule has 1 heterocycles. The molecular formula is C12H12N2O. The Morgan fingerprint density at radius 2 is 1.93 bits per heavy atom. The molecule has 1 aromatic rings. The number of likely N-dealkylation sites (N-methyl/N-ethyl adjacent to an activating group) is 1. The fourth-order valence-corrected chi connectivity index (χ4v) is 1.54. The van der Waals surface area contributed by atoms with Crippen LogP contribution in [0.4, 0.5) is 0 Å². The van der Waals surface area contributed by atoms with Gasteiger partial charge in [0.05, 0.1) is 0 Å². The maximum Gasteiger partial charge on any atom is 0.277 e. The van der Waals surface area contributed by atoms with Gasteiger partial charge >= 0.3 is 0 Å². The van der Waals surface area contributed by atoms with Crippen molar-refractivity contribution < 1.29 is 4.79 Å². The molecule has 0 saturated carbocycles. The molecule has 0 aliphatic carbocycles. The Kier molecular flexibility index (Phi) is 2.37. The largest absolute Gasteiger partial charge is 0.294 e. The van der Waals surface area contributed by atoms with E-state index in [0.717, 1.165) is 5.56 Å². The van der Waals surface area contributed by atoms with Gasteiger partial charge < -0.3 is 0 Å². The van der Waals surface area contributed by atoms with Crippen LogP contribution in [0, 0.1) is 0 Å². The topological polar surface area (TPSA) is 32.7 Å². The summed E-state index contributed by atoms with van der Waals surface area (Å²) in [6.45, 7) is 1.82. The van der Waals surface area contributed by atoms with E-state index < -0.39 is 0 Å². The van der Waals surface area contributed by atoms with Crippen LogP contribution in [0.15, 0.2) is 47.1 Å². The van der Waals surface area contributed by atoms with Gasteiger partial charge in [0.1, 0.15) is 11.5 Å². The average Bonchev–Trinajstić information content (AvgIpc) is 2.57. The minimum absolute atomic E-state index is 0.0450. The van der Waals surface area contributed by atoms with E-state index in [0.29, 0.717) is 11.5 Å². The molecule has 0 spiro atoms. The van der Waals surface area contributed by atoms with Gasteiger partial charge in [-0.1, -0.05) is 36.4 Å². The van der Waals surface area contributed by atoms with Crippen molar-refractivity contribution in [3.63, 3.8) is 0 Å². The molecule has 0 bridgehead atoms. The summed E-state index contributed by atoms with van der Waals surface area (Å²) in [6.07, 6.45) is 1.73. The number of aliphatic imine (C=N–C) groups is 1. The lowest BCUT2D eigenvalue weighted by molar-refractivity contribution is -0.121. The smallest absolute Gasteiger partial charge is 0.277 e. The molecule has 3 nitrogen and oxygen atoms in total. The predicted octanol–water partition coefficient (Wildman–Crippen LogP) is 1.81. The van der Waals surface area contributed by atoms with Gasteiger partial charge in [0.25, 0.3) is 5.91 Å². The molecule has 1 aliphatic heterocycles. The van der Waals surface area contributed by atoms with Crippen molar-refractivity contribution in [1.29, 1.82) is 0 Å². The molecule has 0 unspecified atom stereocenters. The first kappa shape index (κ1) is 9.65. The number of benzene rings is 1. The molecule has 0 fully saturated rings. The molecule has 0 radical (unpaired) electrons. The fourth-order valence-electron chi connectivity index (χ4n) is 1.54. The summed E-state index contributed by atoms with van der Waals surface area (Å²) in [5.41, 5.74) is 1.47. The predicted molar refractivity (Wildman–Crippen MR) is 59.5 cm³/mol. The zero-order valence-electron chi connectivity index (χ0n) is 8.77. The highest BCUT2D eigenvalue weighted by atomic mass is 16.2. The second kappa shape index (κ2) is 3.69. The van der Waals surface area contributed by atoms with Crippen LogP contribution in [0.25, 0.3) is 0 Å². The minimum atomic E-state index is -0.0450. The third-order valence-electron chi connectivity index (χ3n) is 2.37. The number of allylic oxidation sites excluding steroid dienone is 1. The summed E-state index contributed by atoms with van der Waals surface area (Å²) < 4.78 is 0. The average molecular weight is 200 g/mol. The Labute approximate surface area is 88.7 Å². The van der Waals surface area contributed by atoms with E-state index in [9.17, 15) is 4.79 Å². The van der Waals surface area contributed by atoms with Gasteiger partial charge in [0, 0.05) is 12.6 Å². The van der Waals surface area contributed by atoms with E-state index in [1.807, 2.05) is 37.3 Å². The van der Waals surface area contributed by atoms with Crippen molar-refractivity contribution in [3.8, 4) is 0 Å². The van der Waals surface area contributed by atoms with Gasteiger partial charge in [0.15, 0.2) is 0 Å². The SMILES string of the molecule is C/C=C1\N=C(c2ccccc2)N(C)C1=O. The maximum atomic E-state index is 11.7. The van der Waals surface area contributed by atoms with Crippen LogP contribution in [0.3, 0.4) is 0 Å². The Morgan fingerprint density at radius 3 is 2.47 bits per heavy atom. The zero-order valence-corrected chi connectivity index (χ0v) is 8.77. The number of rotatable bonds is 1. The highest BCUT2D eigenvalue weighted by Crippen LogP contribution is 2.17.